The van der Waals surface area contributed by atoms with Gasteiger partial charge in [0.2, 0.25) is 11.8 Å². The number of nitrogens with two attached hydrogens (primary N) is 1. The summed E-state index contributed by atoms with van der Waals surface area (Å²) in [5.41, 5.74) is 10.8. The highest BCUT2D eigenvalue weighted by Crippen LogP contribution is 2.41. The Kier molecular flexibility index (Phi) is 4.99. The summed E-state index contributed by atoms with van der Waals surface area (Å²) in [6.45, 7) is 0. The summed E-state index contributed by atoms with van der Waals surface area (Å²) in [4.78, 5) is 25.9. The summed E-state index contributed by atoms with van der Waals surface area (Å²) < 4.78 is 0. The van der Waals surface area contributed by atoms with Crippen LogP contribution >= 0.6 is 0 Å². The summed E-state index contributed by atoms with van der Waals surface area (Å²) in [6, 6.07) is 16.3. The van der Waals surface area contributed by atoms with Crippen LogP contribution in [0.1, 0.15) is 36.8 Å². The largest absolute Gasteiger partial charge is 0.368 e. The van der Waals surface area contributed by atoms with Gasteiger partial charge in [-0.1, -0.05) is 36.4 Å². The van der Waals surface area contributed by atoms with Crippen molar-refractivity contribution in [1.82, 2.24) is 4.90 Å². The molecule has 3 aliphatic heterocycles. The molecule has 158 valence electrons. The van der Waals surface area contributed by atoms with Gasteiger partial charge in [0.05, 0.1) is 18.5 Å². The molecule has 6 heteroatoms. The zero-order chi connectivity index (χ0) is 21.5. The number of primary amides is 1. The average Bonchev–Trinajstić information content (AvgIpc) is 3.17. The molecule has 31 heavy (non-hydrogen) atoms. The second-order valence-electron chi connectivity index (χ2n) is 9.01. The first-order chi connectivity index (χ1) is 15.0. The Hall–Kier alpha value is -3.17. The maximum Gasteiger partial charge on any atom is 0.235 e. The fourth-order valence-corrected chi connectivity index (χ4v) is 5.68. The number of nitriles is 1. The molecule has 4 aliphatic rings. The van der Waals surface area contributed by atoms with Crippen molar-refractivity contribution in [2.24, 2.45) is 11.7 Å². The van der Waals surface area contributed by atoms with Gasteiger partial charge in [-0.2, -0.15) is 5.26 Å². The third-order valence-corrected chi connectivity index (χ3v) is 7.18. The lowest BCUT2D eigenvalue weighted by Gasteiger charge is -2.51. The van der Waals surface area contributed by atoms with Gasteiger partial charge in [0.1, 0.15) is 6.04 Å². The minimum absolute atomic E-state index is 0.0331. The molecule has 3 N–H and O–H groups in total. The molecule has 0 aromatic heterocycles. The number of nitrogens with zero attached hydrogens (tertiary/aromatic N) is 2. The number of anilines is 1. The molecule has 2 aromatic carbocycles. The van der Waals surface area contributed by atoms with Crippen molar-refractivity contribution in [3.8, 4) is 17.2 Å². The zero-order valence-electron chi connectivity index (χ0n) is 17.4. The van der Waals surface area contributed by atoms with E-state index in [1.807, 2.05) is 30.3 Å². The SMILES string of the molecule is N#C[C@H](Cc1ccc(-c2ccc3c(c2)NC(=O)C3)cc1)N1C2CCC(CC2)C1C(N)=O. The van der Waals surface area contributed by atoms with Crippen molar-refractivity contribution in [3.63, 3.8) is 0 Å². The molecule has 2 aromatic rings. The van der Waals surface area contributed by atoms with E-state index in [-0.39, 0.29) is 35.9 Å². The molecule has 0 spiro atoms. The molecule has 2 saturated heterocycles. The molecule has 3 fully saturated rings. The van der Waals surface area contributed by atoms with E-state index in [1.54, 1.807) is 0 Å². The van der Waals surface area contributed by atoms with Crippen molar-refractivity contribution < 1.29 is 9.59 Å². The van der Waals surface area contributed by atoms with Crippen molar-refractivity contribution in [3.05, 3.63) is 53.6 Å². The fourth-order valence-electron chi connectivity index (χ4n) is 5.68. The van der Waals surface area contributed by atoms with E-state index in [0.717, 1.165) is 53.6 Å². The Labute approximate surface area is 182 Å². The van der Waals surface area contributed by atoms with E-state index in [2.05, 4.69) is 28.4 Å². The smallest absolute Gasteiger partial charge is 0.235 e. The number of nitrogens with one attached hydrogen (secondary N) is 1. The first-order valence-electron chi connectivity index (χ1n) is 11.0. The lowest BCUT2D eigenvalue weighted by atomic mass is 9.73. The normalized spacial score (nSPS) is 25.5. The number of hydrogen-bond donors (Lipinski definition) is 2. The number of benzene rings is 2. The van der Waals surface area contributed by atoms with Gasteiger partial charge in [0.25, 0.3) is 0 Å². The third kappa shape index (κ3) is 3.60. The predicted octanol–water partition coefficient (Wildman–Crippen LogP) is 3.01. The van der Waals surface area contributed by atoms with Gasteiger partial charge in [-0.25, -0.2) is 0 Å². The van der Waals surface area contributed by atoms with Crippen LogP contribution in [-0.4, -0.2) is 34.8 Å². The van der Waals surface area contributed by atoms with Crippen LogP contribution in [-0.2, 0) is 22.4 Å². The fraction of sp³-hybridized carbons (Fsp3) is 0.400. The zero-order valence-corrected chi connectivity index (χ0v) is 17.4. The van der Waals surface area contributed by atoms with E-state index in [9.17, 15) is 14.9 Å². The maximum absolute atomic E-state index is 12.2. The van der Waals surface area contributed by atoms with Crippen LogP contribution in [0.2, 0.25) is 0 Å². The first-order valence-corrected chi connectivity index (χ1v) is 11.0. The van der Waals surface area contributed by atoms with Gasteiger partial charge < -0.3 is 11.1 Å². The topological polar surface area (TPSA) is 99.2 Å². The highest BCUT2D eigenvalue weighted by Gasteiger charge is 2.47. The number of rotatable bonds is 5. The molecule has 0 radical (unpaired) electrons. The van der Waals surface area contributed by atoms with Gasteiger partial charge in [-0.05, 0) is 59.9 Å². The van der Waals surface area contributed by atoms with Gasteiger partial charge in [-0.15, -0.1) is 0 Å². The van der Waals surface area contributed by atoms with E-state index in [4.69, 9.17) is 5.73 Å². The van der Waals surface area contributed by atoms with Crippen LogP contribution in [0.5, 0.6) is 0 Å². The lowest BCUT2D eigenvalue weighted by Crippen LogP contribution is -2.63. The van der Waals surface area contributed by atoms with Crippen LogP contribution < -0.4 is 11.1 Å². The van der Waals surface area contributed by atoms with Gasteiger partial charge >= 0.3 is 0 Å². The summed E-state index contributed by atoms with van der Waals surface area (Å²) in [5, 5.41) is 12.8. The number of carbonyl (C=O) groups excluding carboxylic acids is 2. The van der Waals surface area contributed by atoms with Crippen molar-refractivity contribution in [1.29, 1.82) is 5.26 Å². The van der Waals surface area contributed by atoms with Crippen molar-refractivity contribution in [2.45, 2.75) is 56.7 Å². The summed E-state index contributed by atoms with van der Waals surface area (Å²) in [6.07, 6.45) is 5.16. The lowest BCUT2D eigenvalue weighted by molar-refractivity contribution is -0.133. The number of carbonyl (C=O) groups is 2. The second kappa shape index (κ2) is 7.82. The molecule has 3 heterocycles. The predicted molar refractivity (Wildman–Crippen MR) is 118 cm³/mol. The Balaban J connectivity index is 1.34. The first kappa shape index (κ1) is 19.8. The molecule has 6 rings (SSSR count). The molecule has 2 atom stereocenters. The monoisotopic (exact) mass is 414 g/mol. The van der Waals surface area contributed by atoms with Crippen LogP contribution in [0.25, 0.3) is 11.1 Å². The van der Waals surface area contributed by atoms with Crippen LogP contribution in [0.15, 0.2) is 42.5 Å². The molecule has 1 aliphatic carbocycles. The quantitative estimate of drug-likeness (QED) is 0.786. The van der Waals surface area contributed by atoms with Crippen LogP contribution in [0.4, 0.5) is 5.69 Å². The van der Waals surface area contributed by atoms with Gasteiger partial charge in [-0.3, -0.25) is 14.5 Å². The van der Waals surface area contributed by atoms with Crippen molar-refractivity contribution >= 4 is 17.5 Å². The number of amides is 2. The minimum Gasteiger partial charge on any atom is -0.368 e. The average molecular weight is 415 g/mol. The third-order valence-electron chi connectivity index (χ3n) is 7.18. The second-order valence-corrected chi connectivity index (χ2v) is 9.01. The number of hydrogen-bond acceptors (Lipinski definition) is 4. The summed E-state index contributed by atoms with van der Waals surface area (Å²) in [5.74, 6) is 0.0143. The summed E-state index contributed by atoms with van der Waals surface area (Å²) in [7, 11) is 0. The standard InChI is InChI=1S/C25H26N4O2/c26-14-21(29-20-9-7-17(8-10-20)24(29)25(27)31)11-15-1-3-16(4-2-15)18-5-6-19-13-23(30)28-22(19)12-18/h1-6,12,17,20-21,24H,7-11,13H2,(H2,27,31)(H,28,30)/t17?,20?,21-,24?/m0/s1. The van der Waals surface area contributed by atoms with Crippen LogP contribution in [0, 0.1) is 17.2 Å². The van der Waals surface area contributed by atoms with E-state index in [1.165, 1.54) is 0 Å². The Bertz CT molecular complexity index is 1060. The molecule has 1 saturated carbocycles. The molecule has 2 amide bonds. The maximum atomic E-state index is 12.2. The number of piperidine rings is 2. The highest BCUT2D eigenvalue weighted by atomic mass is 16.2. The Morgan fingerprint density at radius 2 is 1.84 bits per heavy atom. The molecule has 6 nitrogen and oxygen atoms in total. The Morgan fingerprint density at radius 1 is 1.13 bits per heavy atom. The highest BCUT2D eigenvalue weighted by molar-refractivity contribution is 6.00. The van der Waals surface area contributed by atoms with Gasteiger partial charge in [0, 0.05) is 18.2 Å². The van der Waals surface area contributed by atoms with Gasteiger partial charge in [0.15, 0.2) is 0 Å². The number of fused-ring (bicyclic) bond motifs is 4. The summed E-state index contributed by atoms with van der Waals surface area (Å²) >= 11 is 0. The van der Waals surface area contributed by atoms with E-state index >= 15 is 0 Å². The minimum atomic E-state index is -0.355. The van der Waals surface area contributed by atoms with E-state index in [0.29, 0.717) is 12.8 Å². The van der Waals surface area contributed by atoms with Crippen LogP contribution in [0.3, 0.4) is 0 Å². The van der Waals surface area contributed by atoms with Crippen molar-refractivity contribution in [2.75, 3.05) is 5.32 Å². The Morgan fingerprint density at radius 3 is 2.52 bits per heavy atom. The molecule has 2 bridgehead atoms. The molecule has 1 unspecified atom stereocenters. The molecular weight excluding hydrogens is 388 g/mol. The molecular formula is C25H26N4O2. The van der Waals surface area contributed by atoms with E-state index < -0.39 is 0 Å².